The first-order valence-electron chi connectivity index (χ1n) is 16.0. The second-order valence-corrected chi connectivity index (χ2v) is 14.7. The van der Waals surface area contributed by atoms with Crippen LogP contribution in [0.4, 0.5) is 11.4 Å². The summed E-state index contributed by atoms with van der Waals surface area (Å²) in [6.45, 7) is 3.13. The number of aliphatic carboxylic acids is 2. The maximum atomic E-state index is 13.8. The highest BCUT2D eigenvalue weighted by Crippen LogP contribution is 2.43. The van der Waals surface area contributed by atoms with Crippen LogP contribution >= 0.6 is 22.7 Å². The fraction of sp³-hybridized carbons (Fsp3) is 0.353. The van der Waals surface area contributed by atoms with Gasteiger partial charge in [0.05, 0.1) is 24.5 Å². The van der Waals surface area contributed by atoms with Crippen LogP contribution in [-0.4, -0.2) is 93.0 Å². The lowest BCUT2D eigenvalue weighted by atomic mass is 9.93. The number of benzene rings is 2. The molecule has 2 N–H and O–H groups in total. The number of amides is 2. The van der Waals surface area contributed by atoms with Gasteiger partial charge in [0.15, 0.2) is 10.0 Å². The van der Waals surface area contributed by atoms with Crippen molar-refractivity contribution in [2.75, 3.05) is 49.1 Å². The Hall–Kier alpha value is -4.50. The molecular formula is C34H32N6O6S2. The number of fused-ring (bicyclic) bond motifs is 4. The van der Waals surface area contributed by atoms with Crippen molar-refractivity contribution in [1.29, 1.82) is 0 Å². The molecule has 0 fully saturated rings. The third kappa shape index (κ3) is 5.48. The quantitative estimate of drug-likeness (QED) is 0.296. The molecule has 8 rings (SSSR count). The number of thiazole rings is 2. The van der Waals surface area contributed by atoms with Crippen molar-refractivity contribution in [3.63, 3.8) is 0 Å². The fourth-order valence-electron chi connectivity index (χ4n) is 7.37. The zero-order valence-electron chi connectivity index (χ0n) is 26.0. The first kappa shape index (κ1) is 30.8. The Morgan fingerprint density at radius 1 is 0.625 bits per heavy atom. The van der Waals surface area contributed by atoms with Crippen molar-refractivity contribution < 1.29 is 29.4 Å². The van der Waals surface area contributed by atoms with Gasteiger partial charge in [-0.05, 0) is 60.1 Å². The third-order valence-electron chi connectivity index (χ3n) is 9.53. The van der Waals surface area contributed by atoms with Gasteiger partial charge in [-0.3, -0.25) is 29.0 Å². The highest BCUT2D eigenvalue weighted by atomic mass is 32.1. The summed E-state index contributed by atoms with van der Waals surface area (Å²) in [4.78, 5) is 68.7. The molecule has 6 heterocycles. The summed E-state index contributed by atoms with van der Waals surface area (Å²) in [5.41, 5.74) is 7.62. The van der Waals surface area contributed by atoms with Crippen LogP contribution < -0.4 is 9.80 Å². The first-order valence-corrected chi connectivity index (χ1v) is 17.6. The van der Waals surface area contributed by atoms with E-state index in [1.807, 2.05) is 34.1 Å². The van der Waals surface area contributed by atoms with Gasteiger partial charge in [0.2, 0.25) is 0 Å². The fourth-order valence-corrected chi connectivity index (χ4v) is 9.38. The van der Waals surface area contributed by atoms with Gasteiger partial charge >= 0.3 is 11.9 Å². The first-order chi connectivity index (χ1) is 23.2. The molecule has 2 aromatic carbocycles. The minimum Gasteiger partial charge on any atom is -0.480 e. The van der Waals surface area contributed by atoms with Gasteiger partial charge in [0.1, 0.15) is 0 Å². The van der Waals surface area contributed by atoms with Gasteiger partial charge in [-0.1, -0.05) is 24.3 Å². The Morgan fingerprint density at radius 3 is 1.48 bits per heavy atom. The van der Waals surface area contributed by atoms with Gasteiger partial charge in [0, 0.05) is 60.4 Å². The van der Waals surface area contributed by atoms with Crippen LogP contribution in [0.3, 0.4) is 0 Å². The molecule has 4 aliphatic rings. The van der Waals surface area contributed by atoms with E-state index in [1.165, 1.54) is 22.7 Å². The number of carbonyl (C=O) groups is 4. The predicted molar refractivity (Wildman–Crippen MR) is 180 cm³/mol. The lowest BCUT2D eigenvalue weighted by Gasteiger charge is -2.23. The van der Waals surface area contributed by atoms with E-state index in [2.05, 4.69) is 22.1 Å². The van der Waals surface area contributed by atoms with Crippen molar-refractivity contribution in [2.45, 2.75) is 38.8 Å². The number of aromatic nitrogens is 2. The molecular weight excluding hydrogens is 653 g/mol. The van der Waals surface area contributed by atoms with E-state index in [0.717, 1.165) is 54.8 Å². The van der Waals surface area contributed by atoms with Crippen LogP contribution in [0.15, 0.2) is 36.4 Å². The molecule has 246 valence electrons. The molecule has 4 aromatic rings. The number of carboxylic acids is 2. The number of hydrogen-bond acceptors (Lipinski definition) is 10. The molecule has 0 radical (unpaired) electrons. The van der Waals surface area contributed by atoms with E-state index in [4.69, 9.17) is 0 Å². The van der Waals surface area contributed by atoms with E-state index in [0.29, 0.717) is 75.0 Å². The molecule has 0 spiro atoms. The molecule has 14 heteroatoms. The van der Waals surface area contributed by atoms with Gasteiger partial charge in [-0.15, -0.1) is 22.7 Å². The Balaban J connectivity index is 1.03. The van der Waals surface area contributed by atoms with E-state index in [-0.39, 0.29) is 24.9 Å². The Morgan fingerprint density at radius 2 is 1.06 bits per heavy atom. The lowest BCUT2D eigenvalue weighted by Crippen LogP contribution is -2.34. The average Bonchev–Trinajstić information content (AvgIpc) is 3.86. The highest BCUT2D eigenvalue weighted by Gasteiger charge is 2.34. The number of hydrogen-bond donors (Lipinski definition) is 2. The molecule has 2 amide bonds. The Labute approximate surface area is 283 Å². The SMILES string of the molecule is O=C(O)CN1CCc2sc(C(=O)N3CCc4c(-c5cccc6c5CCN6C(=O)c5nc6c(s5)CCN(CC(=O)O)C6)cccc43)nc2C1. The summed E-state index contributed by atoms with van der Waals surface area (Å²) in [7, 11) is 0. The number of nitrogens with zero attached hydrogens (tertiary/aromatic N) is 6. The molecule has 2 aromatic heterocycles. The summed E-state index contributed by atoms with van der Waals surface area (Å²) in [6, 6.07) is 12.1. The van der Waals surface area contributed by atoms with Crippen LogP contribution in [0.25, 0.3) is 11.1 Å². The molecule has 0 atom stereocenters. The number of carboxylic acid groups (broad SMARTS) is 2. The van der Waals surface area contributed by atoms with Crippen molar-refractivity contribution in [1.82, 2.24) is 19.8 Å². The summed E-state index contributed by atoms with van der Waals surface area (Å²) in [5.74, 6) is -2.02. The normalized spacial score (nSPS) is 17.2. The molecule has 12 nitrogen and oxygen atoms in total. The summed E-state index contributed by atoms with van der Waals surface area (Å²) < 4.78 is 0. The van der Waals surface area contributed by atoms with Crippen LogP contribution in [0, 0.1) is 0 Å². The summed E-state index contributed by atoms with van der Waals surface area (Å²) in [5, 5.41) is 19.2. The van der Waals surface area contributed by atoms with Gasteiger partial charge in [-0.2, -0.15) is 0 Å². The molecule has 0 aliphatic carbocycles. The topological polar surface area (TPSA) is 147 Å². The Bertz CT molecular complexity index is 1860. The van der Waals surface area contributed by atoms with Crippen LogP contribution in [-0.2, 0) is 48.4 Å². The summed E-state index contributed by atoms with van der Waals surface area (Å²) >= 11 is 2.82. The Kier molecular flexibility index (Phi) is 7.82. The maximum Gasteiger partial charge on any atom is 0.317 e. The highest BCUT2D eigenvalue weighted by molar-refractivity contribution is 7.14. The minimum atomic E-state index is -0.872. The van der Waals surface area contributed by atoms with E-state index >= 15 is 0 Å². The predicted octanol–water partition coefficient (Wildman–Crippen LogP) is 3.56. The van der Waals surface area contributed by atoms with E-state index < -0.39 is 11.9 Å². The van der Waals surface area contributed by atoms with Gasteiger partial charge < -0.3 is 20.0 Å². The summed E-state index contributed by atoms with van der Waals surface area (Å²) in [6.07, 6.45) is 2.77. The standard InChI is InChI=1S/C34H32N6O6S2/c41-29(42)17-37-11-9-27-23(15-37)35-31(47-27)33(45)39-13-7-21-19(3-1-5-25(21)39)20-4-2-6-26-22(20)8-14-40(26)34(46)32-36-24-16-38(18-30(43)44)12-10-28(24)48-32/h1-6H,7-18H2,(H,41,42)(H,43,44). The zero-order valence-corrected chi connectivity index (χ0v) is 27.6. The zero-order chi connectivity index (χ0) is 33.1. The van der Waals surface area contributed by atoms with Crippen LogP contribution in [0.5, 0.6) is 0 Å². The minimum absolute atomic E-state index is 0.0422. The maximum absolute atomic E-state index is 13.8. The van der Waals surface area contributed by atoms with Crippen molar-refractivity contribution in [3.05, 3.63) is 78.7 Å². The van der Waals surface area contributed by atoms with Crippen molar-refractivity contribution in [2.24, 2.45) is 0 Å². The van der Waals surface area contributed by atoms with E-state index in [1.54, 1.807) is 9.80 Å². The molecule has 4 aliphatic heterocycles. The molecule has 48 heavy (non-hydrogen) atoms. The molecule has 0 saturated carbocycles. The third-order valence-corrected chi connectivity index (χ3v) is 11.8. The number of carbonyl (C=O) groups excluding carboxylic acids is 2. The lowest BCUT2D eigenvalue weighted by molar-refractivity contribution is -0.139. The molecule has 0 unspecified atom stereocenters. The van der Waals surface area contributed by atoms with Crippen molar-refractivity contribution in [3.8, 4) is 11.1 Å². The molecule has 0 bridgehead atoms. The van der Waals surface area contributed by atoms with Gasteiger partial charge in [0.25, 0.3) is 11.8 Å². The van der Waals surface area contributed by atoms with Gasteiger partial charge in [-0.25, -0.2) is 9.97 Å². The molecule has 0 saturated heterocycles. The number of rotatable bonds is 7. The largest absolute Gasteiger partial charge is 0.480 e. The van der Waals surface area contributed by atoms with Crippen LogP contribution in [0.1, 0.15) is 51.9 Å². The second kappa shape index (κ2) is 12.2. The van der Waals surface area contributed by atoms with Crippen LogP contribution in [0.2, 0.25) is 0 Å². The second-order valence-electron chi connectivity index (χ2n) is 12.5. The smallest absolute Gasteiger partial charge is 0.317 e. The monoisotopic (exact) mass is 684 g/mol. The van der Waals surface area contributed by atoms with E-state index in [9.17, 15) is 29.4 Å². The number of anilines is 2. The van der Waals surface area contributed by atoms with Crippen molar-refractivity contribution >= 4 is 57.8 Å². The average molecular weight is 685 g/mol.